The molecule has 0 amide bonds. The SMILES string of the molecule is CCCOCCCCOc1ccc(-c2ncccn2)cc1. The number of nitrogens with zero attached hydrogens (tertiary/aromatic N) is 2. The molecule has 0 aliphatic heterocycles. The highest BCUT2D eigenvalue weighted by Gasteiger charge is 2.00. The molecule has 4 heteroatoms. The highest BCUT2D eigenvalue weighted by molar-refractivity contribution is 5.55. The first-order valence-corrected chi connectivity index (χ1v) is 7.48. The Morgan fingerprint density at radius 1 is 0.905 bits per heavy atom. The Kier molecular flexibility index (Phi) is 6.68. The van der Waals surface area contributed by atoms with E-state index in [9.17, 15) is 0 Å². The molecule has 21 heavy (non-hydrogen) atoms. The monoisotopic (exact) mass is 286 g/mol. The molecule has 4 nitrogen and oxygen atoms in total. The van der Waals surface area contributed by atoms with E-state index in [1.165, 1.54) is 0 Å². The van der Waals surface area contributed by atoms with Crippen LogP contribution in [-0.4, -0.2) is 29.8 Å². The van der Waals surface area contributed by atoms with Crippen molar-refractivity contribution in [3.8, 4) is 17.1 Å². The Balaban J connectivity index is 1.71. The van der Waals surface area contributed by atoms with Crippen LogP contribution in [0.3, 0.4) is 0 Å². The molecule has 0 spiro atoms. The van der Waals surface area contributed by atoms with Crippen molar-refractivity contribution >= 4 is 0 Å². The van der Waals surface area contributed by atoms with Crippen LogP contribution in [0, 0.1) is 0 Å². The summed E-state index contributed by atoms with van der Waals surface area (Å²) >= 11 is 0. The van der Waals surface area contributed by atoms with Crippen LogP contribution in [0.2, 0.25) is 0 Å². The molecule has 0 saturated heterocycles. The minimum absolute atomic E-state index is 0.719. The predicted molar refractivity (Wildman–Crippen MR) is 83.3 cm³/mol. The predicted octanol–water partition coefficient (Wildman–Crippen LogP) is 3.73. The zero-order valence-electron chi connectivity index (χ0n) is 12.5. The molecule has 0 aliphatic carbocycles. The van der Waals surface area contributed by atoms with E-state index in [1.54, 1.807) is 12.4 Å². The van der Waals surface area contributed by atoms with Gasteiger partial charge in [-0.05, 0) is 49.6 Å². The van der Waals surface area contributed by atoms with Crippen molar-refractivity contribution in [2.24, 2.45) is 0 Å². The molecule has 112 valence electrons. The summed E-state index contributed by atoms with van der Waals surface area (Å²) in [5.41, 5.74) is 0.996. The van der Waals surface area contributed by atoms with Crippen LogP contribution in [0.4, 0.5) is 0 Å². The second-order valence-electron chi connectivity index (χ2n) is 4.76. The molecule has 0 atom stereocenters. The standard InChI is InChI=1S/C17H22N2O2/c1-2-12-20-13-3-4-14-21-16-8-6-15(7-9-16)17-18-10-5-11-19-17/h5-11H,2-4,12-14H2,1H3. The van der Waals surface area contributed by atoms with Crippen molar-refractivity contribution in [2.45, 2.75) is 26.2 Å². The number of ether oxygens (including phenoxy) is 2. The number of hydrogen-bond acceptors (Lipinski definition) is 4. The molecular formula is C17H22N2O2. The van der Waals surface area contributed by atoms with Crippen LogP contribution >= 0.6 is 0 Å². The highest BCUT2D eigenvalue weighted by Crippen LogP contribution is 2.18. The van der Waals surface area contributed by atoms with Gasteiger partial charge in [0.15, 0.2) is 5.82 Å². The van der Waals surface area contributed by atoms with Crippen LogP contribution < -0.4 is 4.74 Å². The molecule has 0 saturated carbocycles. The van der Waals surface area contributed by atoms with E-state index >= 15 is 0 Å². The van der Waals surface area contributed by atoms with Crippen molar-refractivity contribution in [3.05, 3.63) is 42.7 Å². The fourth-order valence-electron chi connectivity index (χ4n) is 1.89. The van der Waals surface area contributed by atoms with Crippen molar-refractivity contribution in [2.75, 3.05) is 19.8 Å². The van der Waals surface area contributed by atoms with Crippen molar-refractivity contribution in [1.82, 2.24) is 9.97 Å². The van der Waals surface area contributed by atoms with Gasteiger partial charge in [0.1, 0.15) is 5.75 Å². The minimum Gasteiger partial charge on any atom is -0.494 e. The lowest BCUT2D eigenvalue weighted by Gasteiger charge is -2.07. The van der Waals surface area contributed by atoms with Gasteiger partial charge in [-0.15, -0.1) is 0 Å². The average molecular weight is 286 g/mol. The van der Waals surface area contributed by atoms with Gasteiger partial charge in [0.25, 0.3) is 0 Å². The van der Waals surface area contributed by atoms with Gasteiger partial charge in [-0.3, -0.25) is 0 Å². The Labute approximate surface area is 126 Å². The van der Waals surface area contributed by atoms with Crippen LogP contribution in [0.25, 0.3) is 11.4 Å². The third-order valence-corrected chi connectivity index (χ3v) is 2.98. The third-order valence-electron chi connectivity index (χ3n) is 2.98. The van der Waals surface area contributed by atoms with Gasteiger partial charge in [0.05, 0.1) is 6.61 Å². The zero-order valence-corrected chi connectivity index (χ0v) is 12.5. The van der Waals surface area contributed by atoms with E-state index in [-0.39, 0.29) is 0 Å². The van der Waals surface area contributed by atoms with Gasteiger partial charge < -0.3 is 9.47 Å². The normalized spacial score (nSPS) is 10.5. The fraction of sp³-hybridized carbons (Fsp3) is 0.412. The Morgan fingerprint density at radius 3 is 2.33 bits per heavy atom. The number of rotatable bonds is 9. The van der Waals surface area contributed by atoms with E-state index in [0.29, 0.717) is 0 Å². The second kappa shape index (κ2) is 9.08. The first-order chi connectivity index (χ1) is 10.4. The summed E-state index contributed by atoms with van der Waals surface area (Å²) < 4.78 is 11.1. The van der Waals surface area contributed by atoms with Gasteiger partial charge in [-0.2, -0.15) is 0 Å². The zero-order chi connectivity index (χ0) is 14.8. The number of hydrogen-bond donors (Lipinski definition) is 0. The largest absolute Gasteiger partial charge is 0.494 e. The average Bonchev–Trinajstić information content (AvgIpc) is 2.55. The molecule has 2 aromatic rings. The summed E-state index contributed by atoms with van der Waals surface area (Å²) in [4.78, 5) is 8.45. The molecule has 1 aromatic heterocycles. The van der Waals surface area contributed by atoms with Gasteiger partial charge >= 0.3 is 0 Å². The lowest BCUT2D eigenvalue weighted by atomic mass is 10.2. The summed E-state index contributed by atoms with van der Waals surface area (Å²) in [5, 5.41) is 0. The molecule has 0 bridgehead atoms. The highest BCUT2D eigenvalue weighted by atomic mass is 16.5. The van der Waals surface area contributed by atoms with E-state index in [4.69, 9.17) is 9.47 Å². The lowest BCUT2D eigenvalue weighted by molar-refractivity contribution is 0.127. The number of aromatic nitrogens is 2. The molecule has 0 N–H and O–H groups in total. The number of benzene rings is 1. The quantitative estimate of drug-likeness (QED) is 0.659. The second-order valence-corrected chi connectivity index (χ2v) is 4.76. The Morgan fingerprint density at radius 2 is 1.62 bits per heavy atom. The van der Waals surface area contributed by atoms with Crippen LogP contribution in [0.15, 0.2) is 42.7 Å². The summed E-state index contributed by atoms with van der Waals surface area (Å²) in [6.07, 6.45) is 6.61. The van der Waals surface area contributed by atoms with E-state index in [2.05, 4.69) is 16.9 Å². The first kappa shape index (κ1) is 15.4. The fourth-order valence-corrected chi connectivity index (χ4v) is 1.89. The van der Waals surface area contributed by atoms with E-state index in [1.807, 2.05) is 30.3 Å². The van der Waals surface area contributed by atoms with Gasteiger partial charge in [-0.1, -0.05) is 6.92 Å². The molecule has 0 aliphatic rings. The molecular weight excluding hydrogens is 264 g/mol. The van der Waals surface area contributed by atoms with Gasteiger partial charge in [0, 0.05) is 31.2 Å². The third kappa shape index (κ3) is 5.52. The van der Waals surface area contributed by atoms with Crippen molar-refractivity contribution < 1.29 is 9.47 Å². The maximum absolute atomic E-state index is 5.71. The number of unbranched alkanes of at least 4 members (excludes halogenated alkanes) is 1. The summed E-state index contributed by atoms with van der Waals surface area (Å²) in [7, 11) is 0. The molecule has 0 radical (unpaired) electrons. The molecule has 0 unspecified atom stereocenters. The maximum Gasteiger partial charge on any atom is 0.159 e. The summed E-state index contributed by atoms with van der Waals surface area (Å²) in [6.45, 7) is 4.51. The van der Waals surface area contributed by atoms with Crippen LogP contribution in [-0.2, 0) is 4.74 Å². The minimum atomic E-state index is 0.719. The lowest BCUT2D eigenvalue weighted by Crippen LogP contribution is -2.01. The van der Waals surface area contributed by atoms with Gasteiger partial charge in [0.2, 0.25) is 0 Å². The van der Waals surface area contributed by atoms with Crippen LogP contribution in [0.1, 0.15) is 26.2 Å². The topological polar surface area (TPSA) is 44.2 Å². The molecule has 1 heterocycles. The Hall–Kier alpha value is -1.94. The molecule has 0 fully saturated rings. The van der Waals surface area contributed by atoms with Gasteiger partial charge in [-0.25, -0.2) is 9.97 Å². The van der Waals surface area contributed by atoms with Crippen LogP contribution in [0.5, 0.6) is 5.75 Å². The molecule has 1 aromatic carbocycles. The van der Waals surface area contributed by atoms with Crippen molar-refractivity contribution in [3.63, 3.8) is 0 Å². The Bertz CT molecular complexity index is 500. The maximum atomic E-state index is 5.71. The van der Waals surface area contributed by atoms with E-state index < -0.39 is 0 Å². The van der Waals surface area contributed by atoms with Crippen molar-refractivity contribution in [1.29, 1.82) is 0 Å². The molecule has 2 rings (SSSR count). The summed E-state index contributed by atoms with van der Waals surface area (Å²) in [5.74, 6) is 1.61. The summed E-state index contributed by atoms with van der Waals surface area (Å²) in [6, 6.07) is 9.69. The smallest absolute Gasteiger partial charge is 0.159 e. The van der Waals surface area contributed by atoms with E-state index in [0.717, 1.165) is 56.2 Å². The first-order valence-electron chi connectivity index (χ1n) is 7.48.